The van der Waals surface area contributed by atoms with E-state index in [0.717, 1.165) is 0 Å². The van der Waals surface area contributed by atoms with Gasteiger partial charge in [-0.25, -0.2) is 0 Å². The van der Waals surface area contributed by atoms with Gasteiger partial charge < -0.3 is 58.7 Å². The largest absolute Gasteiger partial charge is 0.339 e. The molecule has 1 aliphatic rings. The molecule has 0 aromatic rings. The van der Waals surface area contributed by atoms with Crippen molar-refractivity contribution in [3.05, 3.63) is 0 Å². The molecular weight excluding hydrogens is 774 g/mol. The highest BCUT2D eigenvalue weighted by Gasteiger charge is 2.29. The Morgan fingerprint density at radius 1 is 0.250 bits per heavy atom. The van der Waals surface area contributed by atoms with E-state index in [1.54, 1.807) is 0 Å². The zero-order valence-electron chi connectivity index (χ0n) is 25.9. The van der Waals surface area contributed by atoms with Crippen LogP contribution in [0.15, 0.2) is 0 Å². The third kappa shape index (κ3) is 26.4. The maximum absolute atomic E-state index is 11.9. The summed E-state index contributed by atoms with van der Waals surface area (Å²) in [6.07, 6.45) is -5.06. The summed E-state index contributed by atoms with van der Waals surface area (Å²) in [6, 6.07) is 0. The predicted octanol–water partition coefficient (Wildman–Crippen LogP) is -3.38. The fourth-order valence-electron chi connectivity index (χ4n) is 4.78. The highest BCUT2D eigenvalue weighted by Crippen LogP contribution is 2.39. The lowest BCUT2D eigenvalue weighted by atomic mass is 10.4. The van der Waals surface area contributed by atoms with E-state index in [0.29, 0.717) is 0 Å². The van der Waals surface area contributed by atoms with Crippen molar-refractivity contribution >= 4 is 45.6 Å². The van der Waals surface area contributed by atoms with E-state index in [-0.39, 0.29) is 78.5 Å². The van der Waals surface area contributed by atoms with Crippen molar-refractivity contribution in [2.75, 3.05) is 116 Å². The first-order chi connectivity index (χ1) is 21.5. The van der Waals surface area contributed by atoms with Gasteiger partial charge in [0.1, 0.15) is 37.7 Å². The van der Waals surface area contributed by atoms with E-state index in [4.69, 9.17) is 0 Å². The summed E-state index contributed by atoms with van der Waals surface area (Å²) in [6.45, 7) is -2.74. The zero-order valence-corrected chi connectivity index (χ0v) is 31.3. The van der Waals surface area contributed by atoms with Crippen LogP contribution >= 0.6 is 45.6 Å². The molecule has 0 atom stereocenters. The molecule has 24 nitrogen and oxygen atoms in total. The molecule has 1 heterocycles. The van der Waals surface area contributed by atoms with Crippen molar-refractivity contribution in [1.29, 1.82) is 0 Å². The summed E-state index contributed by atoms with van der Waals surface area (Å²) >= 11 is 0. The molecule has 0 aliphatic carbocycles. The van der Waals surface area contributed by atoms with Crippen molar-refractivity contribution in [2.45, 2.75) is 0 Å². The molecule has 1 fully saturated rings. The summed E-state index contributed by atoms with van der Waals surface area (Å²) in [5.74, 6) is 0. The van der Waals surface area contributed by atoms with Gasteiger partial charge in [0.05, 0.1) is 0 Å². The number of rotatable bonds is 12. The first-order valence-corrected chi connectivity index (χ1v) is 24.9. The zero-order chi connectivity index (χ0) is 37.2. The molecule has 0 aromatic heterocycles. The normalized spacial score (nSPS) is 21.2. The maximum atomic E-state index is 11.9. The summed E-state index contributed by atoms with van der Waals surface area (Å²) in [5.41, 5.74) is 0. The molecule has 48 heavy (non-hydrogen) atoms. The molecule has 30 heteroatoms. The molecule has 1 saturated heterocycles. The van der Waals surface area contributed by atoms with Crippen LogP contribution in [0.5, 0.6) is 0 Å². The molecule has 1 aliphatic heterocycles. The number of hydrogen-bond donors (Lipinski definition) is 12. The second-order valence-corrected chi connectivity index (χ2v) is 21.2. The highest BCUT2D eigenvalue weighted by molar-refractivity contribution is 7.52. The Balaban J connectivity index is 3.54. The van der Waals surface area contributed by atoms with Crippen LogP contribution in [0.25, 0.3) is 0 Å². The quantitative estimate of drug-likeness (QED) is 0.0854. The van der Waals surface area contributed by atoms with Crippen LogP contribution in [0.1, 0.15) is 0 Å². The molecular formula is C18H48N6O18P6. The molecule has 0 aromatic carbocycles. The Morgan fingerprint density at radius 3 is 0.396 bits per heavy atom. The van der Waals surface area contributed by atoms with Crippen LogP contribution in [0.3, 0.4) is 0 Å². The minimum Gasteiger partial charge on any atom is -0.324 e. The van der Waals surface area contributed by atoms with Crippen molar-refractivity contribution in [1.82, 2.24) is 29.4 Å². The smallest absolute Gasteiger partial charge is 0.324 e. The van der Waals surface area contributed by atoms with Crippen LogP contribution in [0.4, 0.5) is 0 Å². The molecule has 0 bridgehead atoms. The lowest BCUT2D eigenvalue weighted by Crippen LogP contribution is -2.46. The summed E-state index contributed by atoms with van der Waals surface area (Å²) in [4.78, 5) is 123. The van der Waals surface area contributed by atoms with Gasteiger partial charge in [0, 0.05) is 78.5 Å². The van der Waals surface area contributed by atoms with Crippen LogP contribution in [-0.2, 0) is 27.4 Å². The van der Waals surface area contributed by atoms with E-state index in [1.807, 2.05) is 0 Å². The minimum absolute atomic E-state index is 0.228. The lowest BCUT2D eigenvalue weighted by molar-refractivity contribution is 0.150. The predicted molar refractivity (Wildman–Crippen MR) is 171 cm³/mol. The van der Waals surface area contributed by atoms with Crippen molar-refractivity contribution in [3.8, 4) is 0 Å². The molecule has 12 N–H and O–H groups in total. The molecule has 0 unspecified atom stereocenters. The average molecular weight is 822 g/mol. The van der Waals surface area contributed by atoms with Crippen molar-refractivity contribution in [2.24, 2.45) is 0 Å². The third-order valence-electron chi connectivity index (χ3n) is 6.70. The van der Waals surface area contributed by atoms with Crippen molar-refractivity contribution < 1.29 is 86.1 Å². The Labute approximate surface area is 277 Å². The highest BCUT2D eigenvalue weighted by atomic mass is 31.2. The van der Waals surface area contributed by atoms with Gasteiger partial charge >= 0.3 is 45.6 Å². The molecule has 0 saturated carbocycles. The standard InChI is InChI=1S/C18H48N6O18P6/c25-43(26,27)13-19-1-2-20(14-44(28,29)30)5-6-22(16-46(34,35)36)9-10-24(18-48(40,41)42)12-11-23(17-47(37,38)39)8-7-21(4-3-19)15-45(31,32)33/h1-18H2,(H2,25,26,27)(H2,28,29,30)(H2,31,32,33)(H2,34,35,36)(H2,37,38,39)(H2,40,41,42). The maximum Gasteiger partial charge on any atom is 0.339 e. The Kier molecular flexibility index (Phi) is 19.1. The first-order valence-electron chi connectivity index (χ1n) is 14.1. The van der Waals surface area contributed by atoms with Gasteiger partial charge in [-0.05, 0) is 0 Å². The van der Waals surface area contributed by atoms with E-state index in [2.05, 4.69) is 0 Å². The molecule has 288 valence electrons. The average Bonchev–Trinajstić information content (AvgIpc) is 2.82. The van der Waals surface area contributed by atoms with Crippen LogP contribution in [0, 0.1) is 0 Å². The number of nitrogens with zero attached hydrogens (tertiary/aromatic N) is 6. The Hall–Kier alpha value is 0.660. The minimum atomic E-state index is -4.73. The third-order valence-corrected chi connectivity index (χ3v) is 11.3. The van der Waals surface area contributed by atoms with Crippen LogP contribution in [-0.4, -0.2) is 204 Å². The van der Waals surface area contributed by atoms with Gasteiger partial charge in [0.15, 0.2) is 0 Å². The topological polar surface area (TPSA) is 365 Å². The Morgan fingerprint density at radius 2 is 0.333 bits per heavy atom. The summed E-state index contributed by atoms with van der Waals surface area (Å²) in [5, 5.41) is 0. The second-order valence-electron chi connectivity index (χ2n) is 11.5. The van der Waals surface area contributed by atoms with Crippen LogP contribution in [0.2, 0.25) is 0 Å². The second kappa shape index (κ2) is 19.7. The lowest BCUT2D eigenvalue weighted by Gasteiger charge is -2.34. The fourth-order valence-corrected chi connectivity index (χ4v) is 9.60. The fraction of sp³-hybridized carbons (Fsp3) is 1.00. The van der Waals surface area contributed by atoms with E-state index in [9.17, 15) is 86.1 Å². The van der Waals surface area contributed by atoms with Gasteiger partial charge in [-0.1, -0.05) is 0 Å². The van der Waals surface area contributed by atoms with Gasteiger partial charge in [-0.3, -0.25) is 56.8 Å². The van der Waals surface area contributed by atoms with Gasteiger partial charge in [-0.2, -0.15) is 0 Å². The Bertz CT molecular complexity index is 1010. The van der Waals surface area contributed by atoms with Gasteiger partial charge in [-0.15, -0.1) is 0 Å². The first kappa shape index (κ1) is 46.7. The van der Waals surface area contributed by atoms with Gasteiger partial charge in [0.2, 0.25) is 0 Å². The van der Waals surface area contributed by atoms with Crippen molar-refractivity contribution in [3.63, 3.8) is 0 Å². The number of hydrogen-bond acceptors (Lipinski definition) is 12. The molecule has 0 amide bonds. The molecule has 0 radical (unpaired) electrons. The van der Waals surface area contributed by atoms with E-state index in [1.165, 1.54) is 29.4 Å². The van der Waals surface area contributed by atoms with Gasteiger partial charge in [0.25, 0.3) is 0 Å². The summed E-state index contributed by atoms with van der Waals surface area (Å²) < 4.78 is 71.3. The molecule has 0 spiro atoms. The SMILES string of the molecule is O=P(O)(O)CN1CCN(CP(=O)(O)O)CCN(CP(=O)(O)O)CCN(CP(=O)(O)O)CCN(CP(=O)(O)O)CCN(CP(=O)(O)O)CC1. The van der Waals surface area contributed by atoms with Crippen LogP contribution < -0.4 is 0 Å². The molecule has 1 rings (SSSR count). The summed E-state index contributed by atoms with van der Waals surface area (Å²) in [7, 11) is -28.4. The van der Waals surface area contributed by atoms with E-state index < -0.39 is 83.3 Å². The monoisotopic (exact) mass is 822 g/mol. The van der Waals surface area contributed by atoms with E-state index >= 15 is 0 Å².